The topological polar surface area (TPSA) is 192 Å². The highest BCUT2D eigenvalue weighted by Gasteiger charge is 2.28. The van der Waals surface area contributed by atoms with Crippen LogP contribution in [0.2, 0.25) is 0 Å². The van der Waals surface area contributed by atoms with E-state index in [1.807, 2.05) is 27.7 Å². The highest BCUT2D eigenvalue weighted by Crippen LogP contribution is 2.14. The Morgan fingerprint density at radius 1 is 0.632 bits per heavy atom. The zero-order valence-corrected chi connectivity index (χ0v) is 24.5. The van der Waals surface area contributed by atoms with Crippen LogP contribution in [-0.4, -0.2) is 80.0 Å². The first-order valence-electron chi connectivity index (χ1n) is 12.8. The van der Waals surface area contributed by atoms with Gasteiger partial charge in [-0.15, -0.1) is 0 Å². The second-order valence-electron chi connectivity index (χ2n) is 12.1. The molecule has 0 radical (unpaired) electrons. The van der Waals surface area contributed by atoms with E-state index in [4.69, 9.17) is 19.7 Å². The molecule has 0 heterocycles. The molecule has 0 fully saturated rings. The van der Waals surface area contributed by atoms with Crippen LogP contribution in [0.1, 0.15) is 94.9 Å². The number of carboxylic acids is 2. The zero-order chi connectivity index (χ0) is 30.4. The molecule has 0 aliphatic carbocycles. The number of aliphatic hydroxyl groups excluding tert-OH is 2. The van der Waals surface area contributed by atoms with Crippen LogP contribution in [0.4, 0.5) is 9.59 Å². The summed E-state index contributed by atoms with van der Waals surface area (Å²) in [4.78, 5) is 44.5. The van der Waals surface area contributed by atoms with Crippen LogP contribution in [0.5, 0.6) is 0 Å². The minimum absolute atomic E-state index is 0.211. The van der Waals surface area contributed by atoms with Crippen LogP contribution >= 0.6 is 0 Å². The quantitative estimate of drug-likeness (QED) is 0.209. The van der Waals surface area contributed by atoms with Gasteiger partial charge >= 0.3 is 24.1 Å². The van der Waals surface area contributed by atoms with E-state index in [0.717, 1.165) is 0 Å². The monoisotopic (exact) mass is 550 g/mol. The number of aliphatic hydroxyl groups is 2. The van der Waals surface area contributed by atoms with Gasteiger partial charge < -0.3 is 40.5 Å². The van der Waals surface area contributed by atoms with E-state index >= 15 is 0 Å². The summed E-state index contributed by atoms with van der Waals surface area (Å²) in [6, 6.07) is -1.27. The first-order chi connectivity index (χ1) is 17.0. The van der Waals surface area contributed by atoms with E-state index in [1.165, 1.54) is 0 Å². The van der Waals surface area contributed by atoms with Crippen LogP contribution in [-0.2, 0) is 19.1 Å². The molecular weight excluding hydrogens is 500 g/mol. The molecule has 0 aromatic carbocycles. The van der Waals surface area contributed by atoms with Crippen molar-refractivity contribution >= 4 is 24.1 Å². The van der Waals surface area contributed by atoms with E-state index in [-0.39, 0.29) is 11.8 Å². The molecule has 0 aliphatic heterocycles. The predicted molar refractivity (Wildman–Crippen MR) is 142 cm³/mol. The second kappa shape index (κ2) is 17.1. The van der Waals surface area contributed by atoms with Crippen molar-refractivity contribution in [3.63, 3.8) is 0 Å². The Morgan fingerprint density at radius 3 is 1.08 bits per heavy atom. The predicted octanol–water partition coefficient (Wildman–Crippen LogP) is 3.52. The van der Waals surface area contributed by atoms with Crippen LogP contribution < -0.4 is 10.6 Å². The molecule has 224 valence electrons. The van der Waals surface area contributed by atoms with Gasteiger partial charge in [-0.05, 0) is 66.2 Å². The average Bonchev–Trinajstić information content (AvgIpc) is 2.62. The maximum absolute atomic E-state index is 11.6. The molecule has 0 unspecified atom stereocenters. The molecule has 0 aromatic rings. The Bertz CT molecular complexity index is 679. The van der Waals surface area contributed by atoms with Gasteiger partial charge in [0.25, 0.3) is 0 Å². The number of hydrogen-bond donors (Lipinski definition) is 6. The van der Waals surface area contributed by atoms with Gasteiger partial charge in [-0.25, -0.2) is 9.59 Å². The van der Waals surface area contributed by atoms with Gasteiger partial charge in [0.2, 0.25) is 0 Å². The number of aliphatic carboxylic acids is 2. The summed E-state index contributed by atoms with van der Waals surface area (Å²) in [7, 11) is 0. The van der Waals surface area contributed by atoms with Crippen molar-refractivity contribution < 1.29 is 49.1 Å². The number of amides is 2. The van der Waals surface area contributed by atoms with Crippen LogP contribution in [0.25, 0.3) is 0 Å². The van der Waals surface area contributed by atoms with Crippen molar-refractivity contribution in [1.29, 1.82) is 0 Å². The Morgan fingerprint density at radius 2 is 0.895 bits per heavy atom. The first kappa shape index (κ1) is 37.6. The van der Waals surface area contributed by atoms with Gasteiger partial charge in [-0.3, -0.25) is 9.59 Å². The van der Waals surface area contributed by atoms with Crippen molar-refractivity contribution in [3.8, 4) is 0 Å². The number of nitrogens with one attached hydrogen (secondary N) is 2. The van der Waals surface area contributed by atoms with Gasteiger partial charge in [0.05, 0.1) is 37.1 Å². The fourth-order valence-corrected chi connectivity index (χ4v) is 3.20. The molecule has 0 aliphatic rings. The minimum Gasteiger partial charge on any atom is -0.481 e. The first-order valence-corrected chi connectivity index (χ1v) is 12.8. The zero-order valence-electron chi connectivity index (χ0n) is 24.5. The Kier molecular flexibility index (Phi) is 16.9. The molecule has 6 N–H and O–H groups in total. The van der Waals surface area contributed by atoms with E-state index in [0.29, 0.717) is 12.8 Å². The summed E-state index contributed by atoms with van der Waals surface area (Å²) in [6.07, 6.45) is -3.42. The Labute approximate surface area is 226 Å². The minimum atomic E-state index is -1.13. The van der Waals surface area contributed by atoms with Gasteiger partial charge in [0, 0.05) is 0 Å². The van der Waals surface area contributed by atoms with Crippen LogP contribution in [0, 0.1) is 11.8 Å². The molecular formula is C26H50N2O10. The lowest BCUT2D eigenvalue weighted by molar-refractivity contribution is -0.140. The average molecular weight is 551 g/mol. The molecule has 0 saturated heterocycles. The fourth-order valence-electron chi connectivity index (χ4n) is 3.20. The van der Waals surface area contributed by atoms with Crippen LogP contribution in [0.3, 0.4) is 0 Å². The molecule has 38 heavy (non-hydrogen) atoms. The highest BCUT2D eigenvalue weighted by molar-refractivity contribution is 5.70. The van der Waals surface area contributed by atoms with Gasteiger partial charge in [0.1, 0.15) is 11.2 Å². The molecule has 12 heteroatoms. The third-order valence-corrected chi connectivity index (χ3v) is 4.55. The van der Waals surface area contributed by atoms with Crippen molar-refractivity contribution in [2.75, 3.05) is 0 Å². The smallest absolute Gasteiger partial charge is 0.407 e. The number of carbonyl (C=O) groups is 4. The maximum atomic E-state index is 11.6. The van der Waals surface area contributed by atoms with Crippen LogP contribution in [0.15, 0.2) is 0 Å². The number of carboxylic acid groups (broad SMARTS) is 2. The Balaban J connectivity index is 0. The van der Waals surface area contributed by atoms with Crippen molar-refractivity contribution in [2.24, 2.45) is 11.8 Å². The van der Waals surface area contributed by atoms with Crippen molar-refractivity contribution in [1.82, 2.24) is 10.6 Å². The van der Waals surface area contributed by atoms with Crippen molar-refractivity contribution in [2.45, 2.75) is 130 Å². The summed E-state index contributed by atoms with van der Waals surface area (Å²) in [6.45, 7) is 18.1. The Hall–Kier alpha value is -2.60. The van der Waals surface area contributed by atoms with E-state index < -0.39 is 72.5 Å². The highest BCUT2D eigenvalue weighted by atomic mass is 16.6. The lowest BCUT2D eigenvalue weighted by Gasteiger charge is -2.27. The van der Waals surface area contributed by atoms with E-state index in [2.05, 4.69) is 10.6 Å². The largest absolute Gasteiger partial charge is 0.481 e. The molecule has 0 spiro atoms. The third-order valence-electron chi connectivity index (χ3n) is 4.55. The molecule has 12 nitrogen and oxygen atoms in total. The van der Waals surface area contributed by atoms with Gasteiger partial charge in [-0.1, -0.05) is 27.7 Å². The third kappa shape index (κ3) is 22.6. The fraction of sp³-hybridized carbons (Fsp3) is 0.846. The maximum Gasteiger partial charge on any atom is 0.407 e. The molecule has 0 rings (SSSR count). The molecule has 0 saturated carbocycles. The second-order valence-corrected chi connectivity index (χ2v) is 12.1. The normalized spacial score (nSPS) is 14.9. The number of ether oxygens (including phenoxy) is 2. The van der Waals surface area contributed by atoms with E-state index in [9.17, 15) is 29.4 Å². The standard InChI is InChI=1S/2C13H25NO5/c2*1-8(2)6-9(10(15)7-11(16)17)14-12(18)19-13(3,4)5/h2*8-10,15H,6-7H2,1-5H3,(H,14,18)(H,16,17)/t2*9-,10-/m00/s1. The lowest BCUT2D eigenvalue weighted by atomic mass is 9.97. The number of alkyl carbamates (subject to hydrolysis) is 2. The summed E-state index contributed by atoms with van der Waals surface area (Å²) in [5, 5.41) is 42.1. The van der Waals surface area contributed by atoms with Gasteiger partial charge in [0.15, 0.2) is 0 Å². The molecule has 0 aromatic heterocycles. The molecule has 2 amide bonds. The van der Waals surface area contributed by atoms with Gasteiger partial charge in [-0.2, -0.15) is 0 Å². The summed E-state index contributed by atoms with van der Waals surface area (Å²) >= 11 is 0. The number of rotatable bonds is 12. The molecule has 0 bridgehead atoms. The summed E-state index contributed by atoms with van der Waals surface area (Å²) in [5.41, 5.74) is -1.27. The number of hydrogen-bond acceptors (Lipinski definition) is 8. The number of carbonyl (C=O) groups excluding carboxylic acids is 2. The lowest BCUT2D eigenvalue weighted by Crippen LogP contribution is -2.46. The summed E-state index contributed by atoms with van der Waals surface area (Å²) < 4.78 is 10.2. The van der Waals surface area contributed by atoms with E-state index in [1.54, 1.807) is 41.5 Å². The van der Waals surface area contributed by atoms with Crippen molar-refractivity contribution in [3.05, 3.63) is 0 Å². The molecule has 4 atom stereocenters. The summed E-state index contributed by atoms with van der Waals surface area (Å²) in [5.74, 6) is -1.79. The SMILES string of the molecule is CC(C)C[C@H](NC(=O)OC(C)(C)C)[C@@H](O)CC(=O)O.CC(C)C[C@H](NC(=O)OC(C)(C)C)[C@@H](O)CC(=O)O.